The van der Waals surface area contributed by atoms with E-state index in [2.05, 4.69) is 60.0 Å². The van der Waals surface area contributed by atoms with Crippen molar-refractivity contribution in [2.24, 2.45) is 0 Å². The van der Waals surface area contributed by atoms with Crippen LogP contribution in [0.1, 0.15) is 30.4 Å². The Balaban J connectivity index is 1.61. The van der Waals surface area contributed by atoms with Gasteiger partial charge in [0.25, 0.3) is 0 Å². The van der Waals surface area contributed by atoms with Crippen molar-refractivity contribution in [3.8, 4) is 17.2 Å². The number of hydrogen-bond donors (Lipinski definition) is 2. The number of carbonyl (C=O) groups excluding carboxylic acids is 1. The van der Waals surface area contributed by atoms with Crippen molar-refractivity contribution >= 4 is 5.91 Å². The molecule has 2 aromatic carbocycles. The highest BCUT2D eigenvalue weighted by Crippen LogP contribution is 2.21. The molecule has 1 amide bonds. The zero-order valence-electron chi connectivity index (χ0n) is 15.2. The lowest BCUT2D eigenvalue weighted by atomic mass is 9.99. The summed E-state index contributed by atoms with van der Waals surface area (Å²) >= 11 is 0. The van der Waals surface area contributed by atoms with Gasteiger partial charge in [0.1, 0.15) is 6.04 Å². The average molecular weight is 347 g/mol. The summed E-state index contributed by atoms with van der Waals surface area (Å²) in [5.74, 6) is -0.0624. The summed E-state index contributed by atoms with van der Waals surface area (Å²) in [6, 6.07) is 18.2. The molecule has 0 spiro atoms. The Hall–Kier alpha value is -2.64. The maximum absolute atomic E-state index is 12.3. The fourth-order valence-electron chi connectivity index (χ4n) is 3.37. The number of nitrogens with one attached hydrogen (secondary N) is 2. The number of carbonyl (C=O) groups is 1. The smallest absolute Gasteiger partial charge is 0.238 e. The minimum Gasteiger partial charge on any atom is -0.339 e. The third-order valence-electron chi connectivity index (χ3n) is 4.84. The van der Waals surface area contributed by atoms with Crippen molar-refractivity contribution in [1.82, 2.24) is 10.6 Å². The first-order valence-corrected chi connectivity index (χ1v) is 9.25. The van der Waals surface area contributed by atoms with Gasteiger partial charge in [0, 0.05) is 6.42 Å². The van der Waals surface area contributed by atoms with Crippen molar-refractivity contribution in [2.45, 2.75) is 44.7 Å². The van der Waals surface area contributed by atoms with Crippen molar-refractivity contribution in [3.63, 3.8) is 0 Å². The second-order valence-corrected chi connectivity index (χ2v) is 6.96. The van der Waals surface area contributed by atoms with E-state index in [-0.39, 0.29) is 11.9 Å². The number of nitrogens with zero attached hydrogens (tertiary/aromatic N) is 1. The summed E-state index contributed by atoms with van der Waals surface area (Å²) in [5.41, 5.74) is 4.62. The van der Waals surface area contributed by atoms with Gasteiger partial charge in [-0.25, -0.2) is 0 Å². The number of piperidine rings is 1. The van der Waals surface area contributed by atoms with Gasteiger partial charge >= 0.3 is 0 Å². The second-order valence-electron chi connectivity index (χ2n) is 6.96. The predicted molar refractivity (Wildman–Crippen MR) is 104 cm³/mol. The maximum Gasteiger partial charge on any atom is 0.238 e. The number of aryl methyl sites for hydroxylation is 1. The molecule has 26 heavy (non-hydrogen) atoms. The van der Waals surface area contributed by atoms with Gasteiger partial charge in [-0.2, -0.15) is 5.26 Å². The number of benzene rings is 2. The Labute approximate surface area is 155 Å². The van der Waals surface area contributed by atoms with Crippen LogP contribution >= 0.6 is 0 Å². The van der Waals surface area contributed by atoms with E-state index in [0.717, 1.165) is 36.9 Å². The molecule has 0 saturated carbocycles. The first-order chi connectivity index (χ1) is 12.7. The zero-order valence-corrected chi connectivity index (χ0v) is 15.2. The molecule has 0 radical (unpaired) electrons. The molecular formula is C22H25N3O. The molecule has 2 N–H and O–H groups in total. The predicted octanol–water partition coefficient (Wildman–Crippen LogP) is 3.36. The fourth-order valence-corrected chi connectivity index (χ4v) is 3.37. The lowest BCUT2D eigenvalue weighted by molar-refractivity contribution is -0.124. The van der Waals surface area contributed by atoms with Crippen LogP contribution in [0, 0.1) is 18.3 Å². The summed E-state index contributed by atoms with van der Waals surface area (Å²) in [4.78, 5) is 12.3. The molecule has 1 saturated heterocycles. The largest absolute Gasteiger partial charge is 0.339 e. The SMILES string of the molecule is Cc1cccc(-c2ccc(C[C@@H](C#N)NC(=O)C3CCCCN3)cc2)c1. The molecule has 0 bridgehead atoms. The lowest BCUT2D eigenvalue weighted by Crippen LogP contribution is -2.49. The third-order valence-corrected chi connectivity index (χ3v) is 4.84. The standard InChI is InChI=1S/C22H25N3O/c1-16-5-4-6-19(13-16)18-10-8-17(9-11-18)14-20(15-23)25-22(26)21-7-2-3-12-24-21/h4-6,8-11,13,20-21,24H,2-3,7,12,14H2,1H3,(H,25,26)/t20-,21?/m0/s1. The average Bonchev–Trinajstić information content (AvgIpc) is 2.68. The van der Waals surface area contributed by atoms with Gasteiger partial charge in [0.2, 0.25) is 5.91 Å². The van der Waals surface area contributed by atoms with Crippen LogP contribution in [-0.4, -0.2) is 24.5 Å². The third kappa shape index (κ3) is 4.71. The van der Waals surface area contributed by atoms with E-state index in [1.165, 1.54) is 11.1 Å². The van der Waals surface area contributed by atoms with Gasteiger partial charge in [-0.05, 0) is 43.0 Å². The maximum atomic E-state index is 12.3. The van der Waals surface area contributed by atoms with Crippen LogP contribution in [0.4, 0.5) is 0 Å². The Morgan fingerprint density at radius 1 is 1.23 bits per heavy atom. The Bertz CT molecular complexity index is 786. The van der Waals surface area contributed by atoms with Gasteiger partial charge in [-0.3, -0.25) is 4.79 Å². The van der Waals surface area contributed by atoms with Crippen LogP contribution in [0.2, 0.25) is 0 Å². The van der Waals surface area contributed by atoms with Gasteiger partial charge in [-0.1, -0.05) is 60.5 Å². The van der Waals surface area contributed by atoms with Crippen LogP contribution in [-0.2, 0) is 11.2 Å². The van der Waals surface area contributed by atoms with E-state index in [9.17, 15) is 10.1 Å². The molecule has 0 aromatic heterocycles. The highest BCUT2D eigenvalue weighted by molar-refractivity contribution is 5.82. The molecule has 1 heterocycles. The number of hydrogen-bond acceptors (Lipinski definition) is 3. The Morgan fingerprint density at radius 3 is 2.69 bits per heavy atom. The summed E-state index contributed by atoms with van der Waals surface area (Å²) in [6.07, 6.45) is 3.53. The zero-order chi connectivity index (χ0) is 18.4. The first-order valence-electron chi connectivity index (χ1n) is 9.25. The molecule has 4 heteroatoms. The van der Waals surface area contributed by atoms with Gasteiger partial charge < -0.3 is 10.6 Å². The van der Waals surface area contributed by atoms with Crippen LogP contribution in [0.25, 0.3) is 11.1 Å². The molecule has 2 atom stereocenters. The summed E-state index contributed by atoms with van der Waals surface area (Å²) in [7, 11) is 0. The number of rotatable bonds is 5. The van der Waals surface area contributed by atoms with E-state index in [0.29, 0.717) is 6.42 Å². The number of nitriles is 1. The van der Waals surface area contributed by atoms with E-state index in [4.69, 9.17) is 0 Å². The quantitative estimate of drug-likeness (QED) is 0.872. The van der Waals surface area contributed by atoms with Crippen LogP contribution in [0.3, 0.4) is 0 Å². The molecule has 1 unspecified atom stereocenters. The van der Waals surface area contributed by atoms with Crippen LogP contribution < -0.4 is 10.6 Å². The molecule has 134 valence electrons. The lowest BCUT2D eigenvalue weighted by Gasteiger charge is -2.23. The fraction of sp³-hybridized carbons (Fsp3) is 0.364. The highest BCUT2D eigenvalue weighted by Gasteiger charge is 2.22. The number of amides is 1. The minimum atomic E-state index is -0.504. The molecule has 1 aliphatic rings. The summed E-state index contributed by atoms with van der Waals surface area (Å²) in [5, 5.41) is 15.5. The summed E-state index contributed by atoms with van der Waals surface area (Å²) in [6.45, 7) is 2.95. The topological polar surface area (TPSA) is 64.9 Å². The van der Waals surface area contributed by atoms with Gasteiger partial charge in [0.15, 0.2) is 0 Å². The molecule has 3 rings (SSSR count). The molecule has 1 fully saturated rings. The molecular weight excluding hydrogens is 322 g/mol. The highest BCUT2D eigenvalue weighted by atomic mass is 16.2. The molecule has 0 aliphatic carbocycles. The van der Waals surface area contributed by atoms with Gasteiger partial charge in [0.05, 0.1) is 12.1 Å². The van der Waals surface area contributed by atoms with Crippen LogP contribution in [0.15, 0.2) is 48.5 Å². The first kappa shape index (κ1) is 18.2. The monoisotopic (exact) mass is 347 g/mol. The van der Waals surface area contributed by atoms with E-state index in [1.54, 1.807) is 0 Å². The van der Waals surface area contributed by atoms with Crippen molar-refractivity contribution in [3.05, 3.63) is 59.7 Å². The van der Waals surface area contributed by atoms with E-state index >= 15 is 0 Å². The normalized spacial score (nSPS) is 17.9. The van der Waals surface area contributed by atoms with E-state index in [1.807, 2.05) is 12.1 Å². The second kappa shape index (κ2) is 8.64. The summed E-state index contributed by atoms with van der Waals surface area (Å²) < 4.78 is 0. The van der Waals surface area contributed by atoms with Crippen molar-refractivity contribution in [1.29, 1.82) is 5.26 Å². The molecule has 1 aliphatic heterocycles. The van der Waals surface area contributed by atoms with Crippen molar-refractivity contribution < 1.29 is 4.79 Å². The van der Waals surface area contributed by atoms with Gasteiger partial charge in [-0.15, -0.1) is 0 Å². The van der Waals surface area contributed by atoms with E-state index < -0.39 is 6.04 Å². The molecule has 4 nitrogen and oxygen atoms in total. The minimum absolute atomic E-state index is 0.0624. The van der Waals surface area contributed by atoms with Crippen LogP contribution in [0.5, 0.6) is 0 Å². The van der Waals surface area contributed by atoms with Crippen molar-refractivity contribution in [2.75, 3.05) is 6.54 Å². The molecule has 2 aromatic rings. The Kier molecular flexibility index (Phi) is 6.04. The Morgan fingerprint density at radius 2 is 2.04 bits per heavy atom.